The topological polar surface area (TPSA) is 62.1 Å². The Morgan fingerprint density at radius 1 is 1.22 bits per heavy atom. The first-order chi connectivity index (χ1) is 11.0. The van der Waals surface area contributed by atoms with Crippen LogP contribution in [0.15, 0.2) is 48.0 Å². The highest BCUT2D eigenvalue weighted by Crippen LogP contribution is 2.20. The largest absolute Gasteiger partial charge is 0.497 e. The molecule has 0 saturated heterocycles. The number of aryl methyl sites for hydroxylation is 2. The average molecular weight is 306 g/mol. The smallest absolute Gasteiger partial charge is 0.266 e. The number of nitriles is 1. The first-order valence-electron chi connectivity index (χ1n) is 7.18. The van der Waals surface area contributed by atoms with E-state index in [4.69, 9.17) is 4.74 Å². The number of hydrogen-bond acceptors (Lipinski definition) is 3. The third-order valence-electron chi connectivity index (χ3n) is 3.42. The highest BCUT2D eigenvalue weighted by molar-refractivity contribution is 6.09. The van der Waals surface area contributed by atoms with Gasteiger partial charge in [-0.25, -0.2) is 0 Å². The third kappa shape index (κ3) is 4.21. The molecule has 0 aliphatic heterocycles. The molecule has 0 unspecified atom stereocenters. The Bertz CT molecular complexity index is 801. The molecule has 0 saturated carbocycles. The van der Waals surface area contributed by atoms with Gasteiger partial charge in [-0.1, -0.05) is 18.2 Å². The van der Waals surface area contributed by atoms with Crippen LogP contribution in [0.1, 0.15) is 16.7 Å². The maximum absolute atomic E-state index is 12.3. The summed E-state index contributed by atoms with van der Waals surface area (Å²) in [4.78, 5) is 12.3. The molecule has 0 aliphatic rings. The van der Waals surface area contributed by atoms with E-state index in [0.717, 1.165) is 22.4 Å². The van der Waals surface area contributed by atoms with Crippen LogP contribution in [0.3, 0.4) is 0 Å². The molecule has 0 atom stereocenters. The molecule has 0 fully saturated rings. The molecule has 0 radical (unpaired) electrons. The molecular formula is C19H18N2O2. The van der Waals surface area contributed by atoms with Crippen molar-refractivity contribution in [1.82, 2.24) is 0 Å². The number of hydrogen-bond donors (Lipinski definition) is 1. The molecule has 2 rings (SSSR count). The Hall–Kier alpha value is -3.06. The van der Waals surface area contributed by atoms with E-state index in [-0.39, 0.29) is 5.57 Å². The standard InChI is InChI=1S/C19H18N2O2/c1-13-5-4-6-17(9-13)21-19(22)16(12-20)11-15-7-8-18(23-3)10-14(15)2/h4-11H,1-3H3,(H,21,22). The molecule has 0 aromatic heterocycles. The fourth-order valence-electron chi connectivity index (χ4n) is 2.16. The number of ether oxygens (including phenoxy) is 1. The minimum Gasteiger partial charge on any atom is -0.497 e. The van der Waals surface area contributed by atoms with E-state index in [1.54, 1.807) is 25.3 Å². The van der Waals surface area contributed by atoms with Crippen LogP contribution in [0.25, 0.3) is 6.08 Å². The highest BCUT2D eigenvalue weighted by atomic mass is 16.5. The summed E-state index contributed by atoms with van der Waals surface area (Å²) in [6.45, 7) is 3.85. The Kier molecular flexibility index (Phi) is 5.16. The van der Waals surface area contributed by atoms with Gasteiger partial charge in [0.1, 0.15) is 17.4 Å². The van der Waals surface area contributed by atoms with Crippen molar-refractivity contribution in [3.63, 3.8) is 0 Å². The maximum Gasteiger partial charge on any atom is 0.266 e. The van der Waals surface area contributed by atoms with Gasteiger partial charge in [0.25, 0.3) is 5.91 Å². The molecule has 116 valence electrons. The predicted molar refractivity (Wildman–Crippen MR) is 91.1 cm³/mol. The lowest BCUT2D eigenvalue weighted by Gasteiger charge is -2.07. The highest BCUT2D eigenvalue weighted by Gasteiger charge is 2.10. The number of nitrogens with one attached hydrogen (secondary N) is 1. The molecule has 23 heavy (non-hydrogen) atoms. The second kappa shape index (κ2) is 7.28. The molecule has 0 heterocycles. The molecule has 0 bridgehead atoms. The van der Waals surface area contributed by atoms with Crippen LogP contribution in [0.4, 0.5) is 5.69 Å². The van der Waals surface area contributed by atoms with Crippen LogP contribution in [-0.2, 0) is 4.79 Å². The first-order valence-corrected chi connectivity index (χ1v) is 7.18. The van der Waals surface area contributed by atoms with Gasteiger partial charge >= 0.3 is 0 Å². The second-order valence-electron chi connectivity index (χ2n) is 5.22. The van der Waals surface area contributed by atoms with Crippen LogP contribution in [-0.4, -0.2) is 13.0 Å². The van der Waals surface area contributed by atoms with Crippen LogP contribution >= 0.6 is 0 Å². The van der Waals surface area contributed by atoms with E-state index in [2.05, 4.69) is 5.32 Å². The summed E-state index contributed by atoms with van der Waals surface area (Å²) in [5.74, 6) is 0.315. The van der Waals surface area contributed by atoms with Crippen molar-refractivity contribution in [2.45, 2.75) is 13.8 Å². The minimum atomic E-state index is -0.423. The lowest BCUT2D eigenvalue weighted by atomic mass is 10.1. The normalized spacial score (nSPS) is 10.8. The number of benzene rings is 2. The van der Waals surface area contributed by atoms with E-state index in [1.807, 2.05) is 50.2 Å². The Morgan fingerprint density at radius 3 is 2.61 bits per heavy atom. The van der Waals surface area contributed by atoms with Crippen molar-refractivity contribution in [3.8, 4) is 11.8 Å². The fraction of sp³-hybridized carbons (Fsp3) is 0.158. The summed E-state index contributed by atoms with van der Waals surface area (Å²) in [5, 5.41) is 12.0. The van der Waals surface area contributed by atoms with Gasteiger partial charge in [-0.3, -0.25) is 4.79 Å². The summed E-state index contributed by atoms with van der Waals surface area (Å²) in [6.07, 6.45) is 1.58. The number of carbonyl (C=O) groups excluding carboxylic acids is 1. The lowest BCUT2D eigenvalue weighted by molar-refractivity contribution is -0.112. The van der Waals surface area contributed by atoms with Crippen molar-refractivity contribution in [2.75, 3.05) is 12.4 Å². The van der Waals surface area contributed by atoms with Crippen LogP contribution < -0.4 is 10.1 Å². The Labute approximate surface area is 136 Å². The summed E-state index contributed by atoms with van der Waals surface area (Å²) in [5.41, 5.74) is 3.50. The first kappa shape index (κ1) is 16.3. The molecule has 0 aliphatic carbocycles. The van der Waals surface area contributed by atoms with Gasteiger partial charge < -0.3 is 10.1 Å². The quantitative estimate of drug-likeness (QED) is 0.689. The van der Waals surface area contributed by atoms with Gasteiger partial charge in [-0.15, -0.1) is 0 Å². The number of anilines is 1. The molecule has 4 nitrogen and oxygen atoms in total. The van der Waals surface area contributed by atoms with E-state index in [0.29, 0.717) is 5.69 Å². The van der Waals surface area contributed by atoms with Gasteiger partial charge in [0.15, 0.2) is 0 Å². The molecule has 2 aromatic rings. The van der Waals surface area contributed by atoms with Gasteiger partial charge in [0.2, 0.25) is 0 Å². The predicted octanol–water partition coefficient (Wildman–Crippen LogP) is 3.86. The monoisotopic (exact) mass is 306 g/mol. The zero-order valence-electron chi connectivity index (χ0n) is 13.4. The number of rotatable bonds is 4. The lowest BCUT2D eigenvalue weighted by Crippen LogP contribution is -2.13. The van der Waals surface area contributed by atoms with E-state index in [1.165, 1.54) is 0 Å². The van der Waals surface area contributed by atoms with E-state index in [9.17, 15) is 10.1 Å². The summed E-state index contributed by atoms with van der Waals surface area (Å²) < 4.78 is 5.15. The number of carbonyl (C=O) groups is 1. The summed E-state index contributed by atoms with van der Waals surface area (Å²) >= 11 is 0. The van der Waals surface area contributed by atoms with Crippen molar-refractivity contribution in [2.24, 2.45) is 0 Å². The maximum atomic E-state index is 12.3. The SMILES string of the molecule is COc1ccc(C=C(C#N)C(=O)Nc2cccc(C)c2)c(C)c1. The second-order valence-corrected chi connectivity index (χ2v) is 5.22. The number of amides is 1. The molecule has 0 spiro atoms. The zero-order chi connectivity index (χ0) is 16.8. The van der Waals surface area contributed by atoms with Crippen LogP contribution in [0, 0.1) is 25.2 Å². The molecular weight excluding hydrogens is 288 g/mol. The third-order valence-corrected chi connectivity index (χ3v) is 3.42. The number of methoxy groups -OCH3 is 1. The molecule has 2 aromatic carbocycles. The Morgan fingerprint density at radius 2 is 2.00 bits per heavy atom. The fourth-order valence-corrected chi connectivity index (χ4v) is 2.16. The molecule has 4 heteroatoms. The van der Waals surface area contributed by atoms with Crippen molar-refractivity contribution >= 4 is 17.7 Å². The average Bonchev–Trinajstić information content (AvgIpc) is 2.53. The molecule has 1 amide bonds. The van der Waals surface area contributed by atoms with Gasteiger partial charge in [0.05, 0.1) is 7.11 Å². The summed E-state index contributed by atoms with van der Waals surface area (Å²) in [6, 6.07) is 14.9. The van der Waals surface area contributed by atoms with Crippen molar-refractivity contribution in [3.05, 3.63) is 64.7 Å². The molecule has 1 N–H and O–H groups in total. The van der Waals surface area contributed by atoms with Gasteiger partial charge in [-0.05, 0) is 60.9 Å². The number of nitrogens with zero attached hydrogens (tertiary/aromatic N) is 1. The van der Waals surface area contributed by atoms with Gasteiger partial charge in [0, 0.05) is 5.69 Å². The van der Waals surface area contributed by atoms with E-state index < -0.39 is 5.91 Å². The van der Waals surface area contributed by atoms with Crippen molar-refractivity contribution < 1.29 is 9.53 Å². The Balaban J connectivity index is 2.25. The van der Waals surface area contributed by atoms with Crippen molar-refractivity contribution in [1.29, 1.82) is 5.26 Å². The van der Waals surface area contributed by atoms with Gasteiger partial charge in [-0.2, -0.15) is 5.26 Å². The van der Waals surface area contributed by atoms with Crippen LogP contribution in [0.5, 0.6) is 5.75 Å². The van der Waals surface area contributed by atoms with E-state index >= 15 is 0 Å². The summed E-state index contributed by atoms with van der Waals surface area (Å²) in [7, 11) is 1.60. The zero-order valence-corrected chi connectivity index (χ0v) is 13.4. The minimum absolute atomic E-state index is 0.0553. The van der Waals surface area contributed by atoms with Crippen LogP contribution in [0.2, 0.25) is 0 Å².